The number of rotatable bonds is 14. The van der Waals surface area contributed by atoms with Crippen LogP contribution in [0.1, 0.15) is 50.7 Å². The van der Waals surface area contributed by atoms with Crippen molar-refractivity contribution in [3.05, 3.63) is 35.4 Å². The van der Waals surface area contributed by atoms with Gasteiger partial charge in [0.05, 0.1) is 12.2 Å². The first-order valence-electron chi connectivity index (χ1n) is 10.3. The Labute approximate surface area is 190 Å². The van der Waals surface area contributed by atoms with Crippen LogP contribution in [0.3, 0.4) is 0 Å². The van der Waals surface area contributed by atoms with Gasteiger partial charge in [0, 0.05) is 17.9 Å². The van der Waals surface area contributed by atoms with Crippen molar-refractivity contribution in [2.75, 3.05) is 12.5 Å². The maximum Gasteiger partial charge on any atom is 0.227 e. The van der Waals surface area contributed by atoms with Gasteiger partial charge in [-0.05, 0) is 49.7 Å². The minimum Gasteiger partial charge on any atom is -0.393 e. The number of hydrogen-bond acceptors (Lipinski definition) is 8. The van der Waals surface area contributed by atoms with Gasteiger partial charge in [-0.1, -0.05) is 38.1 Å². The highest BCUT2D eigenvalue weighted by molar-refractivity contribution is 8.10. The average Bonchev–Trinajstić information content (AvgIpc) is 2.66. The quantitative estimate of drug-likeness (QED) is 0.371. The lowest BCUT2D eigenvalue weighted by Crippen LogP contribution is -2.47. The van der Waals surface area contributed by atoms with Gasteiger partial charge in [0.15, 0.2) is 26.0 Å². The van der Waals surface area contributed by atoms with E-state index in [0.717, 1.165) is 17.4 Å². The van der Waals surface area contributed by atoms with E-state index in [2.05, 4.69) is 0 Å². The molecule has 0 saturated heterocycles. The predicted molar refractivity (Wildman–Crippen MR) is 123 cm³/mol. The summed E-state index contributed by atoms with van der Waals surface area (Å²) < 4.78 is 45.5. The lowest BCUT2D eigenvalue weighted by atomic mass is 9.87. The SMILES string of the molecule is CC(C)(C=O)CCC(O)Cc1ccc(CC(O)CCC(C=O)(S(C)(=O)=O)S(C)(=O)=O)cc1. The van der Waals surface area contributed by atoms with Gasteiger partial charge in [0.2, 0.25) is 4.08 Å². The summed E-state index contributed by atoms with van der Waals surface area (Å²) >= 11 is 0. The normalized spacial score (nSPS) is 15.2. The molecule has 0 bridgehead atoms. The molecule has 0 radical (unpaired) electrons. The summed E-state index contributed by atoms with van der Waals surface area (Å²) in [6, 6.07) is 7.14. The van der Waals surface area contributed by atoms with Crippen LogP contribution in [-0.2, 0) is 42.1 Å². The van der Waals surface area contributed by atoms with Crippen LogP contribution in [0, 0.1) is 5.41 Å². The number of benzene rings is 1. The summed E-state index contributed by atoms with van der Waals surface area (Å²) in [6.07, 6.45) is 1.49. The second-order valence-electron chi connectivity index (χ2n) is 9.19. The number of hydrogen-bond donors (Lipinski definition) is 2. The largest absolute Gasteiger partial charge is 0.393 e. The Morgan fingerprint density at radius 2 is 1.16 bits per heavy atom. The second-order valence-corrected chi connectivity index (χ2v) is 14.0. The molecule has 0 aliphatic rings. The van der Waals surface area contributed by atoms with E-state index in [-0.39, 0.29) is 19.1 Å². The topological polar surface area (TPSA) is 143 Å². The van der Waals surface area contributed by atoms with Gasteiger partial charge in [0.1, 0.15) is 6.29 Å². The minimum absolute atomic E-state index is 0.0687. The molecule has 0 spiro atoms. The summed E-state index contributed by atoms with van der Waals surface area (Å²) in [5, 5.41) is 20.5. The summed E-state index contributed by atoms with van der Waals surface area (Å²) in [4.78, 5) is 22.4. The Kier molecular flexibility index (Phi) is 9.77. The van der Waals surface area contributed by atoms with Gasteiger partial charge < -0.3 is 19.8 Å². The molecule has 0 fully saturated rings. The van der Waals surface area contributed by atoms with Crippen molar-refractivity contribution in [2.45, 2.75) is 68.7 Å². The summed E-state index contributed by atoms with van der Waals surface area (Å²) in [5.41, 5.74) is 1.15. The monoisotopic (exact) mass is 490 g/mol. The molecule has 2 unspecified atom stereocenters. The molecule has 1 aromatic carbocycles. The van der Waals surface area contributed by atoms with Crippen LogP contribution < -0.4 is 0 Å². The first kappa shape index (κ1) is 28.4. The molecule has 32 heavy (non-hydrogen) atoms. The van der Waals surface area contributed by atoms with Crippen LogP contribution in [0.2, 0.25) is 0 Å². The van der Waals surface area contributed by atoms with Crippen molar-refractivity contribution >= 4 is 32.2 Å². The first-order chi connectivity index (χ1) is 14.6. The van der Waals surface area contributed by atoms with Crippen molar-refractivity contribution in [1.29, 1.82) is 0 Å². The van der Waals surface area contributed by atoms with Gasteiger partial charge in [-0.25, -0.2) is 16.8 Å². The van der Waals surface area contributed by atoms with Crippen molar-refractivity contribution in [2.24, 2.45) is 5.41 Å². The average molecular weight is 491 g/mol. The van der Waals surface area contributed by atoms with Crippen LogP contribution in [0.15, 0.2) is 24.3 Å². The van der Waals surface area contributed by atoms with E-state index in [4.69, 9.17) is 0 Å². The van der Waals surface area contributed by atoms with Crippen LogP contribution >= 0.6 is 0 Å². The molecule has 2 atom stereocenters. The zero-order valence-electron chi connectivity index (χ0n) is 19.0. The van der Waals surface area contributed by atoms with Crippen molar-refractivity contribution in [3.8, 4) is 0 Å². The number of aliphatic hydroxyl groups is 2. The van der Waals surface area contributed by atoms with Gasteiger partial charge in [0.25, 0.3) is 0 Å². The second kappa shape index (κ2) is 11.0. The van der Waals surface area contributed by atoms with E-state index < -0.39 is 47.8 Å². The molecule has 0 aliphatic carbocycles. The van der Waals surface area contributed by atoms with Crippen LogP contribution in [0.5, 0.6) is 0 Å². The third kappa shape index (κ3) is 7.75. The fourth-order valence-corrected chi connectivity index (χ4v) is 6.93. The zero-order chi connectivity index (χ0) is 24.8. The predicted octanol–water partition coefficient (Wildman–Crippen LogP) is 1.26. The molecule has 0 saturated carbocycles. The molecule has 8 nitrogen and oxygen atoms in total. The van der Waals surface area contributed by atoms with Gasteiger partial charge in [-0.15, -0.1) is 0 Å². The third-order valence-corrected chi connectivity index (χ3v) is 10.6. The number of sulfone groups is 2. The van der Waals surface area contributed by atoms with Crippen LogP contribution in [0.4, 0.5) is 0 Å². The Morgan fingerprint density at radius 3 is 1.47 bits per heavy atom. The first-order valence-corrected chi connectivity index (χ1v) is 14.1. The zero-order valence-corrected chi connectivity index (χ0v) is 20.7. The maximum atomic E-state index is 12.0. The molecule has 10 heteroatoms. The van der Waals surface area contributed by atoms with Crippen LogP contribution in [0.25, 0.3) is 0 Å². The Hall–Kier alpha value is -1.62. The molecular formula is C22H34O8S2. The number of carbonyl (C=O) groups excluding carboxylic acids is 2. The molecule has 2 N–H and O–H groups in total. The van der Waals surface area contributed by atoms with Crippen molar-refractivity contribution in [1.82, 2.24) is 0 Å². The fraction of sp³-hybridized carbons (Fsp3) is 0.636. The van der Waals surface area contributed by atoms with Crippen molar-refractivity contribution in [3.63, 3.8) is 0 Å². The highest BCUT2D eigenvalue weighted by atomic mass is 32.3. The smallest absolute Gasteiger partial charge is 0.227 e. The Morgan fingerprint density at radius 1 is 0.781 bits per heavy atom. The summed E-state index contributed by atoms with van der Waals surface area (Å²) in [6.45, 7) is 3.63. The molecule has 0 aliphatic heterocycles. The molecule has 1 rings (SSSR count). The van der Waals surface area contributed by atoms with Gasteiger partial charge in [-0.2, -0.15) is 0 Å². The number of carbonyl (C=O) groups is 2. The van der Waals surface area contributed by atoms with Gasteiger partial charge in [-0.3, -0.25) is 0 Å². The number of aldehydes is 2. The molecule has 182 valence electrons. The highest BCUT2D eigenvalue weighted by Gasteiger charge is 2.50. The maximum absolute atomic E-state index is 12.0. The fourth-order valence-electron chi connectivity index (χ4n) is 3.40. The molecular weight excluding hydrogens is 456 g/mol. The standard InChI is InChI=1S/C22H34O8S2/c1-21(2,15-23)11-9-19(25)13-17-5-7-18(8-6-17)14-20(26)10-12-22(16-24,31(3,27)28)32(4,29)30/h5-8,15-16,19-20,25-26H,9-14H2,1-4H3. The Bertz CT molecular complexity index is 947. The van der Waals surface area contributed by atoms with E-state index in [1.165, 1.54) is 0 Å². The van der Waals surface area contributed by atoms with E-state index in [1.54, 1.807) is 24.3 Å². The number of aliphatic hydroxyl groups excluding tert-OH is 2. The minimum atomic E-state index is -4.25. The molecule has 0 heterocycles. The van der Waals surface area contributed by atoms with E-state index in [0.29, 0.717) is 31.8 Å². The van der Waals surface area contributed by atoms with Crippen molar-refractivity contribution < 1.29 is 36.6 Å². The molecule has 1 aromatic rings. The lowest BCUT2D eigenvalue weighted by molar-refractivity contribution is -0.115. The van der Waals surface area contributed by atoms with E-state index in [1.807, 2.05) is 13.8 Å². The summed E-state index contributed by atoms with van der Waals surface area (Å²) in [7, 11) is -8.49. The lowest BCUT2D eigenvalue weighted by Gasteiger charge is -2.25. The summed E-state index contributed by atoms with van der Waals surface area (Å²) in [5.74, 6) is 0. The van der Waals surface area contributed by atoms with Gasteiger partial charge >= 0.3 is 0 Å². The van der Waals surface area contributed by atoms with E-state index >= 15 is 0 Å². The van der Waals surface area contributed by atoms with Crippen LogP contribution in [-0.4, -0.2) is 68.4 Å². The van der Waals surface area contributed by atoms with E-state index in [9.17, 15) is 36.6 Å². The molecule has 0 amide bonds. The molecule has 0 aromatic heterocycles. The third-order valence-electron chi connectivity index (χ3n) is 5.67. The Balaban J connectivity index is 2.72. The highest BCUT2D eigenvalue weighted by Crippen LogP contribution is 2.28.